The van der Waals surface area contributed by atoms with Crippen molar-refractivity contribution in [3.63, 3.8) is 0 Å². The van der Waals surface area contributed by atoms with Crippen LogP contribution in [0.2, 0.25) is 0 Å². The minimum atomic E-state index is 0.795. The zero-order valence-corrected chi connectivity index (χ0v) is 8.38. The molecule has 4 rings (SSSR count). The van der Waals surface area contributed by atoms with Crippen molar-refractivity contribution in [3.05, 3.63) is 42.9 Å². The lowest BCUT2D eigenvalue weighted by Gasteiger charge is -2.07. The second-order valence-electron chi connectivity index (χ2n) is 3.85. The summed E-state index contributed by atoms with van der Waals surface area (Å²) < 4.78 is 0. The van der Waals surface area contributed by atoms with Gasteiger partial charge in [0.25, 0.3) is 0 Å². The van der Waals surface area contributed by atoms with E-state index in [9.17, 15) is 0 Å². The molecule has 0 saturated carbocycles. The topological polar surface area (TPSA) is 38.7 Å². The highest BCUT2D eigenvalue weighted by atomic mass is 14.8. The quantitative estimate of drug-likeness (QED) is 0.414. The molecule has 16 heavy (non-hydrogen) atoms. The van der Waals surface area contributed by atoms with Gasteiger partial charge in [0.2, 0.25) is 0 Å². The van der Waals surface area contributed by atoms with Crippen LogP contribution in [0.15, 0.2) is 42.9 Å². The summed E-state index contributed by atoms with van der Waals surface area (Å²) in [4.78, 5) is 13.0. The van der Waals surface area contributed by atoms with Crippen LogP contribution in [0.3, 0.4) is 0 Å². The highest BCUT2D eigenvalue weighted by Crippen LogP contribution is 2.30. The summed E-state index contributed by atoms with van der Waals surface area (Å²) in [6.45, 7) is 0. The third-order valence-corrected chi connectivity index (χ3v) is 2.98. The lowest BCUT2D eigenvalue weighted by Crippen LogP contribution is -1.89. The van der Waals surface area contributed by atoms with Crippen LogP contribution in [0.5, 0.6) is 0 Å². The van der Waals surface area contributed by atoms with Crippen LogP contribution in [0.1, 0.15) is 0 Å². The molecule has 3 heterocycles. The van der Waals surface area contributed by atoms with Crippen molar-refractivity contribution in [3.8, 4) is 0 Å². The molecule has 0 atom stereocenters. The molecule has 0 aliphatic rings. The highest BCUT2D eigenvalue weighted by molar-refractivity contribution is 6.19. The molecule has 0 spiro atoms. The van der Waals surface area contributed by atoms with Gasteiger partial charge in [0.1, 0.15) is 0 Å². The minimum absolute atomic E-state index is 0.795. The molecule has 0 N–H and O–H groups in total. The predicted molar refractivity (Wildman–Crippen MR) is 63.5 cm³/mol. The van der Waals surface area contributed by atoms with Crippen molar-refractivity contribution in [2.45, 2.75) is 0 Å². The van der Waals surface area contributed by atoms with Gasteiger partial charge in [0.05, 0.1) is 11.7 Å². The Morgan fingerprint density at radius 1 is 0.688 bits per heavy atom. The van der Waals surface area contributed by atoms with Crippen molar-refractivity contribution >= 4 is 32.7 Å². The zero-order valence-electron chi connectivity index (χ0n) is 8.38. The van der Waals surface area contributed by atoms with Crippen molar-refractivity contribution in [1.82, 2.24) is 15.0 Å². The summed E-state index contributed by atoms with van der Waals surface area (Å²) in [6, 6.07) is 8.25. The van der Waals surface area contributed by atoms with Gasteiger partial charge in [0, 0.05) is 23.2 Å². The van der Waals surface area contributed by atoms with Crippen LogP contribution in [0.4, 0.5) is 0 Å². The van der Waals surface area contributed by atoms with Gasteiger partial charge in [0.15, 0.2) is 5.65 Å². The molecule has 3 nitrogen and oxygen atoms in total. The van der Waals surface area contributed by atoms with Gasteiger partial charge in [-0.25, -0.2) is 9.97 Å². The van der Waals surface area contributed by atoms with E-state index in [0.717, 1.165) is 21.9 Å². The van der Waals surface area contributed by atoms with Gasteiger partial charge < -0.3 is 0 Å². The molecule has 4 aromatic rings. The molecule has 0 fully saturated rings. The van der Waals surface area contributed by atoms with E-state index in [1.54, 1.807) is 12.4 Å². The van der Waals surface area contributed by atoms with E-state index in [1.807, 2.05) is 18.3 Å². The van der Waals surface area contributed by atoms with E-state index < -0.39 is 0 Å². The van der Waals surface area contributed by atoms with Crippen LogP contribution < -0.4 is 0 Å². The molecule has 0 radical (unpaired) electrons. The summed E-state index contributed by atoms with van der Waals surface area (Å²) in [5.74, 6) is 0. The van der Waals surface area contributed by atoms with Gasteiger partial charge in [-0.3, -0.25) is 4.98 Å². The van der Waals surface area contributed by atoms with Crippen LogP contribution in [-0.2, 0) is 0 Å². The number of pyridine rings is 3. The Kier molecular flexibility index (Phi) is 1.31. The molecule has 0 amide bonds. The summed E-state index contributed by atoms with van der Waals surface area (Å²) in [7, 11) is 0. The smallest absolute Gasteiger partial charge is 0.160 e. The largest absolute Gasteiger partial charge is 0.255 e. The molecule has 1 aromatic carbocycles. The molecule has 3 heteroatoms. The zero-order chi connectivity index (χ0) is 10.5. The van der Waals surface area contributed by atoms with Gasteiger partial charge in [-0.05, 0) is 22.9 Å². The van der Waals surface area contributed by atoms with E-state index in [4.69, 9.17) is 0 Å². The third-order valence-electron chi connectivity index (χ3n) is 2.98. The number of hydrogen-bond acceptors (Lipinski definition) is 3. The Hall–Kier alpha value is -2.29. The fourth-order valence-electron chi connectivity index (χ4n) is 2.26. The first-order valence-corrected chi connectivity index (χ1v) is 5.14. The van der Waals surface area contributed by atoms with Crippen LogP contribution in [0.25, 0.3) is 32.7 Å². The number of rotatable bonds is 0. The van der Waals surface area contributed by atoms with Gasteiger partial charge >= 0.3 is 0 Å². The van der Waals surface area contributed by atoms with Gasteiger partial charge in [-0.2, -0.15) is 0 Å². The SMILES string of the molecule is c1cc2ccc3ccnc4ncc(n1)c2c34. The third kappa shape index (κ3) is 0.852. The lowest BCUT2D eigenvalue weighted by atomic mass is 10.0. The van der Waals surface area contributed by atoms with Crippen LogP contribution in [0, 0.1) is 0 Å². The second kappa shape index (κ2) is 2.64. The molecule has 0 bridgehead atoms. The fourth-order valence-corrected chi connectivity index (χ4v) is 2.26. The minimum Gasteiger partial charge on any atom is -0.255 e. The van der Waals surface area contributed by atoms with Gasteiger partial charge in [-0.1, -0.05) is 12.1 Å². The lowest BCUT2D eigenvalue weighted by molar-refractivity contribution is 1.29. The Morgan fingerprint density at radius 3 is 2.31 bits per heavy atom. The fraction of sp³-hybridized carbons (Fsp3) is 0. The van der Waals surface area contributed by atoms with E-state index in [2.05, 4.69) is 27.1 Å². The predicted octanol–water partition coefficient (Wildman–Crippen LogP) is 2.77. The summed E-state index contributed by atoms with van der Waals surface area (Å²) >= 11 is 0. The maximum atomic E-state index is 4.34. The number of aromatic nitrogens is 3. The van der Waals surface area contributed by atoms with E-state index in [1.165, 1.54) is 10.8 Å². The number of benzene rings is 1. The van der Waals surface area contributed by atoms with E-state index in [-0.39, 0.29) is 0 Å². The molecular formula is C13H7N3. The number of nitrogens with zero attached hydrogens (tertiary/aromatic N) is 3. The molecule has 3 aromatic heterocycles. The van der Waals surface area contributed by atoms with Crippen LogP contribution >= 0.6 is 0 Å². The van der Waals surface area contributed by atoms with E-state index in [0.29, 0.717) is 0 Å². The molecule has 74 valence electrons. The summed E-state index contributed by atoms with van der Waals surface area (Å²) in [6.07, 6.45) is 5.40. The Morgan fingerprint density at radius 2 is 1.44 bits per heavy atom. The van der Waals surface area contributed by atoms with Crippen molar-refractivity contribution in [2.24, 2.45) is 0 Å². The molecule has 0 aliphatic carbocycles. The molecule has 0 unspecified atom stereocenters. The maximum absolute atomic E-state index is 4.34. The number of hydrogen-bond donors (Lipinski definition) is 0. The highest BCUT2D eigenvalue weighted by Gasteiger charge is 2.08. The monoisotopic (exact) mass is 205 g/mol. The maximum Gasteiger partial charge on any atom is 0.160 e. The second-order valence-corrected chi connectivity index (χ2v) is 3.85. The first kappa shape index (κ1) is 7.93. The Balaban J connectivity index is 2.51. The molecular weight excluding hydrogens is 198 g/mol. The molecule has 0 saturated heterocycles. The Bertz CT molecular complexity index is 678. The van der Waals surface area contributed by atoms with E-state index >= 15 is 0 Å². The van der Waals surface area contributed by atoms with Crippen LogP contribution in [-0.4, -0.2) is 15.0 Å². The first-order valence-electron chi connectivity index (χ1n) is 5.14. The average molecular weight is 205 g/mol. The Labute approximate surface area is 91.1 Å². The normalized spacial score (nSPS) is 11.8. The average Bonchev–Trinajstić information content (AvgIpc) is 2.36. The summed E-state index contributed by atoms with van der Waals surface area (Å²) in [5.41, 5.74) is 1.73. The van der Waals surface area contributed by atoms with Crippen molar-refractivity contribution in [2.75, 3.05) is 0 Å². The first-order chi connectivity index (χ1) is 7.93. The summed E-state index contributed by atoms with van der Waals surface area (Å²) in [5, 5.41) is 4.64. The van der Waals surface area contributed by atoms with Crippen molar-refractivity contribution < 1.29 is 0 Å². The van der Waals surface area contributed by atoms with Gasteiger partial charge in [-0.15, -0.1) is 0 Å². The van der Waals surface area contributed by atoms with Crippen molar-refractivity contribution in [1.29, 1.82) is 0 Å². The molecule has 0 aliphatic heterocycles. The standard InChI is InChI=1S/C13H7N3/c1-2-9-4-6-15-13-12(9)11-8(1)3-5-14-10(11)7-16-13/h1-7H.